The van der Waals surface area contributed by atoms with Crippen LogP contribution in [0, 0.1) is 11.3 Å². The molecule has 1 saturated carbocycles. The molecule has 1 heterocycles. The van der Waals surface area contributed by atoms with E-state index in [0.29, 0.717) is 18.4 Å². The molecule has 138 valence electrons. The van der Waals surface area contributed by atoms with Crippen LogP contribution in [0.5, 0.6) is 0 Å². The average Bonchev–Trinajstić information content (AvgIpc) is 3.33. The number of carbonyl (C=O) groups excluding carboxylic acids is 2. The van der Waals surface area contributed by atoms with E-state index in [1.807, 2.05) is 24.3 Å². The van der Waals surface area contributed by atoms with Gasteiger partial charge in [0.2, 0.25) is 0 Å². The summed E-state index contributed by atoms with van der Waals surface area (Å²) in [7, 11) is 0. The van der Waals surface area contributed by atoms with Crippen LogP contribution < -0.4 is 5.32 Å². The maximum Gasteiger partial charge on any atom is 0.339 e. The van der Waals surface area contributed by atoms with Gasteiger partial charge in [-0.3, -0.25) is 9.78 Å². The predicted octanol–water partition coefficient (Wildman–Crippen LogP) is 2.83. The second-order valence-electron chi connectivity index (χ2n) is 7.31. The molecule has 2 aliphatic carbocycles. The zero-order chi connectivity index (χ0) is 18.9. The fourth-order valence-electron chi connectivity index (χ4n) is 4.19. The number of nitriles is 1. The molecule has 0 bridgehead atoms. The van der Waals surface area contributed by atoms with E-state index in [9.17, 15) is 14.9 Å². The molecule has 0 saturated heterocycles. The first-order valence-electron chi connectivity index (χ1n) is 9.42. The van der Waals surface area contributed by atoms with Gasteiger partial charge in [0.15, 0.2) is 6.61 Å². The molecule has 6 nitrogen and oxygen atoms in total. The lowest BCUT2D eigenvalue weighted by molar-refractivity contribution is -0.125. The molecular formula is C21H21N3O3. The fourth-order valence-corrected chi connectivity index (χ4v) is 4.19. The molecule has 0 spiro atoms. The fraction of sp³-hybridized carbons (Fsp3) is 0.429. The first-order chi connectivity index (χ1) is 13.1. The van der Waals surface area contributed by atoms with E-state index >= 15 is 0 Å². The SMILES string of the molecule is N#CC1(NC(=O)COC(=O)c2c3c(nc4ccccc24)CCC3)CCCC1. The van der Waals surface area contributed by atoms with Crippen molar-refractivity contribution in [2.45, 2.75) is 50.5 Å². The number of nitrogens with zero attached hydrogens (tertiary/aromatic N) is 2. The van der Waals surface area contributed by atoms with Gasteiger partial charge >= 0.3 is 5.97 Å². The van der Waals surface area contributed by atoms with E-state index in [1.54, 1.807) is 0 Å². The maximum absolute atomic E-state index is 12.8. The lowest BCUT2D eigenvalue weighted by atomic mass is 10.00. The maximum atomic E-state index is 12.8. The standard InChI is InChI=1S/C21H21N3O3/c22-13-21(10-3-4-11-21)24-18(25)12-27-20(26)19-14-6-1-2-8-16(14)23-17-9-5-7-15(17)19/h1-2,6,8H,3-5,7,9-12H2,(H,24,25). The summed E-state index contributed by atoms with van der Waals surface area (Å²) in [6.07, 6.45) is 5.74. The molecule has 1 aromatic heterocycles. The van der Waals surface area contributed by atoms with Crippen LogP contribution >= 0.6 is 0 Å². The van der Waals surface area contributed by atoms with Crippen molar-refractivity contribution in [3.05, 3.63) is 41.1 Å². The zero-order valence-corrected chi connectivity index (χ0v) is 15.1. The molecule has 1 fully saturated rings. The first kappa shape index (κ1) is 17.5. The number of esters is 1. The number of benzene rings is 1. The summed E-state index contributed by atoms with van der Waals surface area (Å²) in [4.78, 5) is 29.7. The Morgan fingerprint density at radius 1 is 1.19 bits per heavy atom. The molecule has 4 rings (SSSR count). The van der Waals surface area contributed by atoms with E-state index in [4.69, 9.17) is 4.74 Å². The van der Waals surface area contributed by atoms with Crippen LogP contribution in [-0.2, 0) is 22.4 Å². The Kier molecular flexibility index (Phi) is 4.53. The van der Waals surface area contributed by atoms with Crippen molar-refractivity contribution < 1.29 is 14.3 Å². The minimum atomic E-state index is -0.811. The van der Waals surface area contributed by atoms with E-state index < -0.39 is 17.4 Å². The highest BCUT2D eigenvalue weighted by Gasteiger charge is 2.35. The lowest BCUT2D eigenvalue weighted by Gasteiger charge is -2.21. The molecule has 1 N–H and O–H groups in total. The number of amides is 1. The summed E-state index contributed by atoms with van der Waals surface area (Å²) >= 11 is 0. The molecule has 0 unspecified atom stereocenters. The van der Waals surface area contributed by atoms with Crippen molar-refractivity contribution in [3.8, 4) is 6.07 Å². The minimum Gasteiger partial charge on any atom is -0.452 e. The topological polar surface area (TPSA) is 92.1 Å². The Hall–Kier alpha value is -2.94. The molecule has 2 aromatic rings. The number of hydrogen-bond acceptors (Lipinski definition) is 5. The Bertz CT molecular complexity index is 955. The summed E-state index contributed by atoms with van der Waals surface area (Å²) in [5, 5.41) is 12.9. The van der Waals surface area contributed by atoms with Gasteiger partial charge in [0.25, 0.3) is 5.91 Å². The molecule has 0 atom stereocenters. The van der Waals surface area contributed by atoms with E-state index in [-0.39, 0.29) is 6.61 Å². The van der Waals surface area contributed by atoms with Crippen LogP contribution in [0.2, 0.25) is 0 Å². The van der Waals surface area contributed by atoms with Gasteiger partial charge in [0.05, 0.1) is 17.1 Å². The molecule has 2 aliphatic rings. The number of pyridine rings is 1. The molecule has 1 aromatic carbocycles. The van der Waals surface area contributed by atoms with Gasteiger partial charge in [0.1, 0.15) is 5.54 Å². The third-order valence-electron chi connectivity index (χ3n) is 5.51. The highest BCUT2D eigenvalue weighted by Crippen LogP contribution is 2.31. The number of fused-ring (bicyclic) bond motifs is 2. The molecule has 6 heteroatoms. The van der Waals surface area contributed by atoms with Crippen LogP contribution in [0.3, 0.4) is 0 Å². The number of nitrogens with one attached hydrogen (secondary N) is 1. The van der Waals surface area contributed by atoms with Gasteiger partial charge in [-0.15, -0.1) is 0 Å². The summed E-state index contributed by atoms with van der Waals surface area (Å²) in [6.45, 7) is -0.381. The van der Waals surface area contributed by atoms with Gasteiger partial charge in [-0.2, -0.15) is 5.26 Å². The second-order valence-corrected chi connectivity index (χ2v) is 7.31. The first-order valence-corrected chi connectivity index (χ1v) is 9.42. The molecule has 27 heavy (non-hydrogen) atoms. The zero-order valence-electron chi connectivity index (χ0n) is 15.1. The Balaban J connectivity index is 1.52. The summed E-state index contributed by atoms with van der Waals surface area (Å²) in [5.41, 5.74) is 2.36. The third-order valence-corrected chi connectivity index (χ3v) is 5.51. The minimum absolute atomic E-state index is 0.381. The van der Waals surface area contributed by atoms with Crippen molar-refractivity contribution >= 4 is 22.8 Å². The van der Waals surface area contributed by atoms with Crippen LogP contribution in [0.1, 0.15) is 53.7 Å². The van der Waals surface area contributed by atoms with Gasteiger partial charge < -0.3 is 10.1 Å². The van der Waals surface area contributed by atoms with E-state index in [1.165, 1.54) is 0 Å². The highest BCUT2D eigenvalue weighted by atomic mass is 16.5. The monoisotopic (exact) mass is 363 g/mol. The van der Waals surface area contributed by atoms with E-state index in [0.717, 1.165) is 54.3 Å². The number of aryl methyl sites for hydroxylation is 1. The number of carbonyl (C=O) groups is 2. The third kappa shape index (κ3) is 3.25. The van der Waals surface area contributed by atoms with Gasteiger partial charge in [0, 0.05) is 11.1 Å². The summed E-state index contributed by atoms with van der Waals surface area (Å²) in [6, 6.07) is 9.71. The van der Waals surface area contributed by atoms with Crippen LogP contribution in [0.15, 0.2) is 24.3 Å². The Morgan fingerprint density at radius 2 is 1.96 bits per heavy atom. The van der Waals surface area contributed by atoms with Crippen molar-refractivity contribution in [1.29, 1.82) is 5.26 Å². The second kappa shape index (κ2) is 6.99. The lowest BCUT2D eigenvalue weighted by Crippen LogP contribution is -2.46. The van der Waals surface area contributed by atoms with Crippen LogP contribution in [0.4, 0.5) is 0 Å². The van der Waals surface area contributed by atoms with Gasteiger partial charge in [-0.25, -0.2) is 4.79 Å². The van der Waals surface area contributed by atoms with Crippen molar-refractivity contribution in [2.24, 2.45) is 0 Å². The number of hydrogen-bond donors (Lipinski definition) is 1. The highest BCUT2D eigenvalue weighted by molar-refractivity contribution is 6.05. The molecule has 0 radical (unpaired) electrons. The number of ether oxygens (including phenoxy) is 1. The van der Waals surface area contributed by atoms with Gasteiger partial charge in [-0.05, 0) is 56.6 Å². The van der Waals surface area contributed by atoms with Crippen molar-refractivity contribution in [3.63, 3.8) is 0 Å². The largest absolute Gasteiger partial charge is 0.452 e. The van der Waals surface area contributed by atoms with Crippen molar-refractivity contribution in [2.75, 3.05) is 6.61 Å². The predicted molar refractivity (Wildman–Crippen MR) is 99.0 cm³/mol. The smallest absolute Gasteiger partial charge is 0.339 e. The number of aromatic nitrogens is 1. The summed E-state index contributed by atoms with van der Waals surface area (Å²) < 4.78 is 5.33. The van der Waals surface area contributed by atoms with Gasteiger partial charge in [-0.1, -0.05) is 18.2 Å². The number of rotatable bonds is 4. The van der Waals surface area contributed by atoms with E-state index in [2.05, 4.69) is 16.4 Å². The Morgan fingerprint density at radius 3 is 2.74 bits per heavy atom. The van der Waals surface area contributed by atoms with Crippen molar-refractivity contribution in [1.82, 2.24) is 10.3 Å². The molecule has 1 amide bonds. The average molecular weight is 363 g/mol. The molecule has 0 aliphatic heterocycles. The van der Waals surface area contributed by atoms with Crippen LogP contribution in [0.25, 0.3) is 10.9 Å². The Labute approximate surface area is 157 Å². The number of para-hydroxylation sites is 1. The molecular weight excluding hydrogens is 342 g/mol. The van der Waals surface area contributed by atoms with Crippen LogP contribution in [-0.4, -0.2) is 29.0 Å². The normalized spacial score (nSPS) is 17.3. The quantitative estimate of drug-likeness (QED) is 0.843. The summed E-state index contributed by atoms with van der Waals surface area (Å²) in [5.74, 6) is -0.930.